The maximum atomic E-state index is 12.8. The molecule has 1 aliphatic rings. The van der Waals surface area contributed by atoms with E-state index in [9.17, 15) is 9.59 Å². The second kappa shape index (κ2) is 6.87. The summed E-state index contributed by atoms with van der Waals surface area (Å²) in [5, 5.41) is 2.97. The van der Waals surface area contributed by atoms with Crippen LogP contribution in [0, 0.1) is 13.8 Å². The van der Waals surface area contributed by atoms with Crippen LogP contribution in [0.3, 0.4) is 0 Å². The summed E-state index contributed by atoms with van der Waals surface area (Å²) >= 11 is 0. The van der Waals surface area contributed by atoms with E-state index in [0.717, 1.165) is 23.2 Å². The van der Waals surface area contributed by atoms with Crippen molar-refractivity contribution in [2.75, 3.05) is 11.9 Å². The molecule has 0 bridgehead atoms. The van der Waals surface area contributed by atoms with Crippen LogP contribution in [-0.4, -0.2) is 29.3 Å². The first-order valence-corrected chi connectivity index (χ1v) is 8.30. The van der Waals surface area contributed by atoms with Crippen LogP contribution in [-0.2, 0) is 4.79 Å². The van der Waals surface area contributed by atoms with Crippen molar-refractivity contribution in [3.8, 4) is 0 Å². The quantitative estimate of drug-likeness (QED) is 0.939. The Hall–Kier alpha value is -2.62. The fourth-order valence-electron chi connectivity index (χ4n) is 3.16. The molecule has 2 aromatic carbocycles. The van der Waals surface area contributed by atoms with Crippen LogP contribution in [0.5, 0.6) is 0 Å². The minimum Gasteiger partial charge on any atom is -0.327 e. The van der Waals surface area contributed by atoms with E-state index in [1.165, 1.54) is 0 Å². The Labute approximate surface area is 142 Å². The number of nitrogens with one attached hydrogen (secondary N) is 1. The number of para-hydroxylation sites is 1. The van der Waals surface area contributed by atoms with Crippen LogP contribution in [0.4, 0.5) is 5.69 Å². The molecule has 0 radical (unpaired) electrons. The Morgan fingerprint density at radius 1 is 1.08 bits per heavy atom. The monoisotopic (exact) mass is 322 g/mol. The molecule has 1 N–H and O–H groups in total. The fourth-order valence-corrected chi connectivity index (χ4v) is 3.16. The predicted octanol–water partition coefficient (Wildman–Crippen LogP) is 3.55. The van der Waals surface area contributed by atoms with E-state index in [2.05, 4.69) is 5.32 Å². The average Bonchev–Trinajstić information content (AvgIpc) is 3.06. The first-order valence-electron chi connectivity index (χ1n) is 8.30. The maximum Gasteiger partial charge on any atom is 0.254 e. The third-order valence-corrected chi connectivity index (χ3v) is 4.48. The van der Waals surface area contributed by atoms with Crippen molar-refractivity contribution in [2.24, 2.45) is 0 Å². The second-order valence-electron chi connectivity index (χ2n) is 6.33. The first-order chi connectivity index (χ1) is 11.6. The summed E-state index contributed by atoms with van der Waals surface area (Å²) in [5.74, 6) is -0.177. The molecule has 4 nitrogen and oxygen atoms in total. The number of likely N-dealkylation sites (tertiary alicyclic amines) is 1. The van der Waals surface area contributed by atoms with Crippen molar-refractivity contribution in [3.05, 3.63) is 65.2 Å². The maximum absolute atomic E-state index is 12.8. The molecule has 1 fully saturated rings. The number of benzene rings is 2. The zero-order valence-corrected chi connectivity index (χ0v) is 14.1. The lowest BCUT2D eigenvalue weighted by Crippen LogP contribution is -2.43. The SMILES string of the molecule is Cc1cccc(C(=O)N2CCC[C@@H]2C(=O)Nc2ccccc2C)c1. The predicted molar refractivity (Wildman–Crippen MR) is 95.0 cm³/mol. The van der Waals surface area contributed by atoms with Gasteiger partial charge in [0, 0.05) is 17.8 Å². The van der Waals surface area contributed by atoms with Crippen LogP contribution >= 0.6 is 0 Å². The van der Waals surface area contributed by atoms with Crippen molar-refractivity contribution in [1.82, 2.24) is 4.90 Å². The smallest absolute Gasteiger partial charge is 0.254 e. The number of hydrogen-bond donors (Lipinski definition) is 1. The van der Waals surface area contributed by atoms with Gasteiger partial charge in [-0.25, -0.2) is 0 Å². The summed E-state index contributed by atoms with van der Waals surface area (Å²) in [6.07, 6.45) is 1.55. The van der Waals surface area contributed by atoms with Crippen molar-refractivity contribution in [1.29, 1.82) is 0 Å². The normalized spacial score (nSPS) is 16.9. The molecule has 0 unspecified atom stereocenters. The van der Waals surface area contributed by atoms with Gasteiger partial charge in [-0.05, 0) is 50.5 Å². The van der Waals surface area contributed by atoms with Crippen LogP contribution < -0.4 is 5.32 Å². The molecule has 2 aromatic rings. The van der Waals surface area contributed by atoms with Crippen LogP contribution in [0.15, 0.2) is 48.5 Å². The van der Waals surface area contributed by atoms with Gasteiger partial charge in [-0.1, -0.05) is 35.9 Å². The summed E-state index contributed by atoms with van der Waals surface area (Å²) in [7, 11) is 0. The van der Waals surface area contributed by atoms with Gasteiger partial charge in [0.1, 0.15) is 6.04 Å². The summed E-state index contributed by atoms with van der Waals surface area (Å²) in [6, 6.07) is 14.8. The van der Waals surface area contributed by atoms with Gasteiger partial charge in [0.15, 0.2) is 0 Å². The van der Waals surface area contributed by atoms with Gasteiger partial charge in [0.2, 0.25) is 5.91 Å². The highest BCUT2D eigenvalue weighted by Gasteiger charge is 2.34. The van der Waals surface area contributed by atoms with Crippen LogP contribution in [0.25, 0.3) is 0 Å². The largest absolute Gasteiger partial charge is 0.327 e. The third kappa shape index (κ3) is 3.32. The summed E-state index contributed by atoms with van der Waals surface area (Å²) in [4.78, 5) is 27.2. The molecule has 124 valence electrons. The van der Waals surface area contributed by atoms with E-state index in [-0.39, 0.29) is 11.8 Å². The highest BCUT2D eigenvalue weighted by atomic mass is 16.2. The molecule has 4 heteroatoms. The Kier molecular flexibility index (Phi) is 4.65. The van der Waals surface area contributed by atoms with E-state index in [4.69, 9.17) is 0 Å². The molecule has 1 atom stereocenters. The summed E-state index contributed by atoms with van der Waals surface area (Å²) < 4.78 is 0. The van der Waals surface area contributed by atoms with Crippen molar-refractivity contribution < 1.29 is 9.59 Å². The van der Waals surface area contributed by atoms with Crippen LogP contribution in [0.1, 0.15) is 34.3 Å². The molecule has 1 heterocycles. The molecule has 24 heavy (non-hydrogen) atoms. The van der Waals surface area contributed by atoms with Gasteiger partial charge in [-0.15, -0.1) is 0 Å². The molecular weight excluding hydrogens is 300 g/mol. The standard InChI is InChI=1S/C20H22N2O2/c1-14-7-5-9-16(13-14)20(24)22-12-6-11-18(22)19(23)21-17-10-4-3-8-15(17)2/h3-5,7-10,13,18H,6,11-12H2,1-2H3,(H,21,23)/t18-/m1/s1. The average molecular weight is 322 g/mol. The number of aryl methyl sites for hydroxylation is 2. The number of anilines is 1. The Morgan fingerprint density at radius 3 is 2.62 bits per heavy atom. The Bertz CT molecular complexity index is 770. The number of rotatable bonds is 3. The van der Waals surface area contributed by atoms with Gasteiger partial charge in [0.25, 0.3) is 5.91 Å². The fraction of sp³-hybridized carbons (Fsp3) is 0.300. The number of nitrogens with zero attached hydrogens (tertiary/aromatic N) is 1. The van der Waals surface area contributed by atoms with Gasteiger partial charge in [-0.2, -0.15) is 0 Å². The molecule has 1 saturated heterocycles. The van der Waals surface area contributed by atoms with Gasteiger partial charge < -0.3 is 10.2 Å². The molecular formula is C20H22N2O2. The zero-order valence-electron chi connectivity index (χ0n) is 14.1. The number of amides is 2. The summed E-state index contributed by atoms with van der Waals surface area (Å²) in [6.45, 7) is 4.54. The topological polar surface area (TPSA) is 49.4 Å². The molecule has 0 saturated carbocycles. The number of hydrogen-bond acceptors (Lipinski definition) is 2. The van der Waals surface area contributed by atoms with Gasteiger partial charge >= 0.3 is 0 Å². The van der Waals surface area contributed by atoms with Crippen molar-refractivity contribution >= 4 is 17.5 Å². The van der Waals surface area contributed by atoms with E-state index < -0.39 is 6.04 Å². The summed E-state index contributed by atoms with van der Waals surface area (Å²) in [5.41, 5.74) is 3.50. The lowest BCUT2D eigenvalue weighted by atomic mass is 10.1. The van der Waals surface area contributed by atoms with Crippen LogP contribution in [0.2, 0.25) is 0 Å². The highest BCUT2D eigenvalue weighted by molar-refractivity contribution is 6.01. The lowest BCUT2D eigenvalue weighted by Gasteiger charge is -2.24. The van der Waals surface area contributed by atoms with E-state index >= 15 is 0 Å². The van der Waals surface area contributed by atoms with Gasteiger partial charge in [-0.3, -0.25) is 9.59 Å². The van der Waals surface area contributed by atoms with Crippen molar-refractivity contribution in [2.45, 2.75) is 32.7 Å². The number of carbonyl (C=O) groups excluding carboxylic acids is 2. The van der Waals surface area contributed by atoms with Crippen molar-refractivity contribution in [3.63, 3.8) is 0 Å². The highest BCUT2D eigenvalue weighted by Crippen LogP contribution is 2.23. The van der Waals surface area contributed by atoms with E-state index in [1.807, 2.05) is 62.4 Å². The second-order valence-corrected chi connectivity index (χ2v) is 6.33. The Balaban J connectivity index is 1.76. The minimum absolute atomic E-state index is 0.0684. The Morgan fingerprint density at radius 2 is 1.88 bits per heavy atom. The van der Waals surface area contributed by atoms with Gasteiger partial charge in [0.05, 0.1) is 0 Å². The molecule has 3 rings (SSSR count). The number of carbonyl (C=O) groups is 2. The molecule has 2 amide bonds. The lowest BCUT2D eigenvalue weighted by molar-refractivity contribution is -0.119. The molecule has 0 spiro atoms. The molecule has 1 aliphatic heterocycles. The molecule has 0 aliphatic carbocycles. The third-order valence-electron chi connectivity index (χ3n) is 4.48. The van der Waals surface area contributed by atoms with E-state index in [1.54, 1.807) is 4.90 Å². The minimum atomic E-state index is -0.405. The first kappa shape index (κ1) is 16.2. The molecule has 0 aromatic heterocycles. The van der Waals surface area contributed by atoms with E-state index in [0.29, 0.717) is 18.5 Å². The zero-order chi connectivity index (χ0) is 17.1.